The van der Waals surface area contributed by atoms with Gasteiger partial charge >= 0.3 is 0 Å². The van der Waals surface area contributed by atoms with E-state index in [9.17, 15) is 0 Å². The van der Waals surface area contributed by atoms with E-state index in [1.54, 1.807) is 12.5 Å². The van der Waals surface area contributed by atoms with E-state index in [0.29, 0.717) is 11.7 Å². The van der Waals surface area contributed by atoms with Gasteiger partial charge in [-0.25, -0.2) is 0 Å². The van der Waals surface area contributed by atoms with Gasteiger partial charge in [-0.2, -0.15) is 4.98 Å². The maximum atomic E-state index is 5.64. The first kappa shape index (κ1) is 11.5. The summed E-state index contributed by atoms with van der Waals surface area (Å²) in [5.74, 6) is 0.681. The summed E-state index contributed by atoms with van der Waals surface area (Å²) in [7, 11) is 0. The van der Waals surface area contributed by atoms with Crippen LogP contribution in [0.4, 0.5) is 0 Å². The molecule has 5 nitrogen and oxygen atoms in total. The number of hydrogen-bond donors (Lipinski definition) is 0. The predicted molar refractivity (Wildman–Crippen MR) is 70.4 cm³/mol. The second-order valence-corrected chi connectivity index (χ2v) is 5.00. The summed E-state index contributed by atoms with van der Waals surface area (Å²) >= 11 is 0. The lowest BCUT2D eigenvalue weighted by atomic mass is 10.0. The Morgan fingerprint density at radius 2 is 2.10 bits per heavy atom. The van der Waals surface area contributed by atoms with Gasteiger partial charge in [-0.05, 0) is 18.1 Å². The minimum Gasteiger partial charge on any atom is -0.453 e. The van der Waals surface area contributed by atoms with Gasteiger partial charge in [-0.1, -0.05) is 24.2 Å². The molecule has 0 N–H and O–H groups in total. The van der Waals surface area contributed by atoms with Gasteiger partial charge in [0.05, 0.1) is 0 Å². The fourth-order valence-electron chi connectivity index (χ4n) is 2.81. The smallest absolute Gasteiger partial charge is 0.277 e. The summed E-state index contributed by atoms with van der Waals surface area (Å²) in [5, 5.41) is 4.01. The molecule has 0 saturated carbocycles. The molecule has 2 heterocycles. The minimum absolute atomic E-state index is 0.611. The molecule has 0 radical (unpaired) electrons. The lowest BCUT2D eigenvalue weighted by molar-refractivity contribution is -0.147. The highest BCUT2D eigenvalue weighted by molar-refractivity contribution is 5.58. The molecule has 1 aromatic heterocycles. The third-order valence-corrected chi connectivity index (χ3v) is 3.84. The first-order valence-electron chi connectivity index (χ1n) is 6.78. The van der Waals surface area contributed by atoms with Gasteiger partial charge in [0, 0.05) is 24.0 Å². The van der Waals surface area contributed by atoms with Crippen LogP contribution < -0.4 is 0 Å². The monoisotopic (exact) mass is 270 g/mol. The number of benzene rings is 1. The molecule has 2 aliphatic rings. The average molecular weight is 270 g/mol. The first-order chi connectivity index (χ1) is 9.81. The second kappa shape index (κ2) is 4.10. The lowest BCUT2D eigenvalue weighted by Crippen LogP contribution is -2.23. The Bertz CT molecular complexity index is 682. The molecule has 1 spiro atoms. The van der Waals surface area contributed by atoms with Crippen LogP contribution in [0.25, 0.3) is 11.4 Å². The van der Waals surface area contributed by atoms with E-state index in [-0.39, 0.29) is 0 Å². The largest absolute Gasteiger partial charge is 0.453 e. The van der Waals surface area contributed by atoms with Crippen LogP contribution in [-0.4, -0.2) is 10.1 Å². The van der Waals surface area contributed by atoms with Crippen molar-refractivity contribution in [3.8, 4) is 11.4 Å². The van der Waals surface area contributed by atoms with Crippen molar-refractivity contribution in [2.45, 2.75) is 32.0 Å². The van der Waals surface area contributed by atoms with Crippen molar-refractivity contribution in [3.63, 3.8) is 0 Å². The van der Waals surface area contributed by atoms with Crippen LogP contribution in [0.5, 0.6) is 0 Å². The Morgan fingerprint density at radius 1 is 1.25 bits per heavy atom. The minimum atomic E-state index is -0.611. The number of rotatable bonds is 2. The van der Waals surface area contributed by atoms with Gasteiger partial charge in [0.1, 0.15) is 12.5 Å². The van der Waals surface area contributed by atoms with Crippen molar-refractivity contribution >= 4 is 0 Å². The van der Waals surface area contributed by atoms with Gasteiger partial charge in [-0.15, -0.1) is 0 Å². The zero-order valence-corrected chi connectivity index (χ0v) is 11.1. The second-order valence-electron chi connectivity index (χ2n) is 5.00. The molecule has 0 atom stereocenters. The van der Waals surface area contributed by atoms with Crippen molar-refractivity contribution < 1.29 is 14.0 Å². The molecule has 1 aromatic carbocycles. The highest BCUT2D eigenvalue weighted by Gasteiger charge is 2.44. The van der Waals surface area contributed by atoms with Gasteiger partial charge < -0.3 is 14.0 Å². The van der Waals surface area contributed by atoms with Crippen molar-refractivity contribution in [1.29, 1.82) is 0 Å². The Labute approximate surface area is 116 Å². The summed E-state index contributed by atoms with van der Waals surface area (Å²) in [5.41, 5.74) is 3.27. The summed E-state index contributed by atoms with van der Waals surface area (Å²) in [6.07, 6.45) is 5.70. The van der Waals surface area contributed by atoms with Crippen LogP contribution in [0.15, 0.2) is 35.2 Å². The molecule has 2 aromatic rings. The fourth-order valence-corrected chi connectivity index (χ4v) is 2.81. The summed E-state index contributed by atoms with van der Waals surface area (Å²) < 4.78 is 16.4. The Balaban J connectivity index is 1.72. The highest BCUT2D eigenvalue weighted by Crippen LogP contribution is 2.44. The molecule has 0 fully saturated rings. The third-order valence-electron chi connectivity index (χ3n) is 3.84. The number of aryl methyl sites for hydroxylation is 2. The van der Waals surface area contributed by atoms with Gasteiger partial charge in [0.25, 0.3) is 5.79 Å². The topological polar surface area (TPSA) is 57.4 Å². The molecule has 0 amide bonds. The van der Waals surface area contributed by atoms with Crippen LogP contribution >= 0.6 is 0 Å². The van der Waals surface area contributed by atoms with E-state index in [0.717, 1.165) is 30.4 Å². The van der Waals surface area contributed by atoms with Crippen LogP contribution in [0, 0.1) is 0 Å². The summed E-state index contributed by atoms with van der Waals surface area (Å²) in [6, 6.07) is 6.12. The van der Waals surface area contributed by atoms with Crippen molar-refractivity contribution in [2.75, 3.05) is 0 Å². The van der Waals surface area contributed by atoms with Crippen molar-refractivity contribution in [1.82, 2.24) is 10.1 Å². The molecule has 1 aliphatic carbocycles. The maximum Gasteiger partial charge on any atom is 0.277 e. The van der Waals surface area contributed by atoms with E-state index < -0.39 is 5.79 Å². The Morgan fingerprint density at radius 3 is 2.85 bits per heavy atom. The molecule has 4 rings (SSSR count). The first-order valence-corrected chi connectivity index (χ1v) is 6.78. The normalized spacial score (nSPS) is 18.1. The number of ether oxygens (including phenoxy) is 2. The van der Waals surface area contributed by atoms with E-state index in [1.165, 1.54) is 5.56 Å². The quantitative estimate of drug-likeness (QED) is 0.839. The fraction of sp³-hybridized carbons (Fsp3) is 0.333. The lowest BCUT2D eigenvalue weighted by Gasteiger charge is -2.23. The number of fused-ring (bicyclic) bond motifs is 2. The van der Waals surface area contributed by atoms with Crippen LogP contribution in [0.3, 0.4) is 0 Å². The summed E-state index contributed by atoms with van der Waals surface area (Å²) in [4.78, 5) is 4.36. The maximum absolute atomic E-state index is 5.64. The molecule has 20 heavy (non-hydrogen) atoms. The third kappa shape index (κ3) is 1.56. The van der Waals surface area contributed by atoms with E-state index in [1.807, 2.05) is 19.1 Å². The number of hydrogen-bond acceptors (Lipinski definition) is 5. The highest BCUT2D eigenvalue weighted by atomic mass is 16.7. The zero-order valence-electron chi connectivity index (χ0n) is 11.1. The molecule has 0 saturated heterocycles. The molecule has 102 valence electrons. The van der Waals surface area contributed by atoms with Crippen LogP contribution in [0.2, 0.25) is 0 Å². The molecule has 5 heteroatoms. The average Bonchev–Trinajstić information content (AvgIpc) is 3.21. The predicted octanol–water partition coefficient (Wildman–Crippen LogP) is 2.92. The molecular formula is C15H14N2O3. The SMILES string of the molecule is CCc1nc(-c2ccc3c(c2)CCC32OC=CO2)no1. The van der Waals surface area contributed by atoms with Gasteiger partial charge in [0.15, 0.2) is 0 Å². The Kier molecular flexibility index (Phi) is 2.36. The number of aromatic nitrogens is 2. The van der Waals surface area contributed by atoms with Crippen LogP contribution in [0.1, 0.15) is 30.4 Å². The van der Waals surface area contributed by atoms with Gasteiger partial charge in [-0.3, -0.25) is 0 Å². The zero-order chi connectivity index (χ0) is 13.6. The number of nitrogens with zero attached hydrogens (tertiary/aromatic N) is 2. The van der Waals surface area contributed by atoms with Gasteiger partial charge in [0.2, 0.25) is 11.7 Å². The standard InChI is InChI=1S/C15H14N2O3/c1-2-13-16-14(17-20-13)11-3-4-12-10(9-11)5-6-15(12)18-7-8-19-15/h3-4,7-9H,2,5-6H2,1H3. The van der Waals surface area contributed by atoms with E-state index >= 15 is 0 Å². The van der Waals surface area contributed by atoms with Crippen LogP contribution in [-0.2, 0) is 28.1 Å². The molecule has 0 unspecified atom stereocenters. The summed E-state index contributed by atoms with van der Waals surface area (Å²) in [6.45, 7) is 1.99. The molecule has 1 aliphatic heterocycles. The van der Waals surface area contributed by atoms with E-state index in [2.05, 4.69) is 16.2 Å². The van der Waals surface area contributed by atoms with Crippen molar-refractivity contribution in [3.05, 3.63) is 47.7 Å². The van der Waals surface area contributed by atoms with Crippen molar-refractivity contribution in [2.24, 2.45) is 0 Å². The molecular weight excluding hydrogens is 256 g/mol. The Hall–Kier alpha value is -2.30. The van der Waals surface area contributed by atoms with E-state index in [4.69, 9.17) is 14.0 Å². The molecule has 0 bridgehead atoms.